The van der Waals surface area contributed by atoms with Gasteiger partial charge in [0, 0.05) is 42.9 Å². The fourth-order valence-electron chi connectivity index (χ4n) is 2.12. The van der Waals surface area contributed by atoms with E-state index in [-0.39, 0.29) is 11.8 Å². The van der Waals surface area contributed by atoms with Gasteiger partial charge in [0.25, 0.3) is 0 Å². The van der Waals surface area contributed by atoms with E-state index in [9.17, 15) is 4.79 Å². The number of nitrogens with zero attached hydrogens (tertiary/aromatic N) is 2. The van der Waals surface area contributed by atoms with Gasteiger partial charge in [-0.25, -0.2) is 0 Å². The zero-order valence-electron chi connectivity index (χ0n) is 12.1. The van der Waals surface area contributed by atoms with E-state index in [1.807, 2.05) is 30.5 Å². The summed E-state index contributed by atoms with van der Waals surface area (Å²) in [6.45, 7) is 1.09. The molecule has 3 aromatic rings. The summed E-state index contributed by atoms with van der Waals surface area (Å²) in [5, 5.41) is 7.61. The monoisotopic (exact) mass is 300 g/mol. The predicted octanol–water partition coefficient (Wildman–Crippen LogP) is 1.98. The Kier molecular flexibility index (Phi) is 4.15. The number of nitrogens with one attached hydrogen (secondary N) is 2. The lowest BCUT2D eigenvalue weighted by atomic mass is 10.1. The molecule has 0 fully saturated rings. The van der Waals surface area contributed by atoms with E-state index >= 15 is 0 Å². The number of ether oxygens (including phenoxy) is 1. The number of hydrogen-bond donors (Lipinski definition) is 2. The number of carbonyl (C=O) groups excluding carboxylic acids is 1. The van der Waals surface area contributed by atoms with Crippen molar-refractivity contribution in [2.45, 2.75) is 6.42 Å². The lowest BCUT2D eigenvalue weighted by molar-refractivity contribution is 0.0905. The molecule has 0 aliphatic heterocycles. The van der Waals surface area contributed by atoms with Crippen LogP contribution in [0.25, 0.3) is 22.3 Å². The topological polar surface area (TPSA) is 93.0 Å². The first-order chi connectivity index (χ1) is 10.8. The lowest BCUT2D eigenvalue weighted by Crippen LogP contribution is -2.25. The van der Waals surface area contributed by atoms with E-state index in [4.69, 9.17) is 9.26 Å². The second-order valence-electron chi connectivity index (χ2n) is 4.81. The Hall–Kier alpha value is -2.67. The first-order valence-electron chi connectivity index (χ1n) is 6.96. The summed E-state index contributed by atoms with van der Waals surface area (Å²) in [7, 11) is 1.62. The highest BCUT2D eigenvalue weighted by atomic mass is 16.5. The van der Waals surface area contributed by atoms with Crippen LogP contribution in [-0.2, 0) is 4.74 Å². The van der Waals surface area contributed by atoms with E-state index in [0.717, 1.165) is 22.9 Å². The van der Waals surface area contributed by atoms with E-state index in [1.165, 1.54) is 0 Å². The quantitative estimate of drug-likeness (QED) is 0.679. The van der Waals surface area contributed by atoms with E-state index in [2.05, 4.69) is 20.4 Å². The van der Waals surface area contributed by atoms with Crippen LogP contribution in [0.1, 0.15) is 17.1 Å². The average Bonchev–Trinajstić information content (AvgIpc) is 3.19. The third kappa shape index (κ3) is 2.99. The summed E-state index contributed by atoms with van der Waals surface area (Å²) in [6, 6.07) is 7.72. The maximum Gasteiger partial charge on any atom is 0.316 e. The molecule has 3 rings (SSSR count). The summed E-state index contributed by atoms with van der Waals surface area (Å²) >= 11 is 0. The molecule has 0 atom stereocenters. The molecule has 0 unspecified atom stereocenters. The molecule has 22 heavy (non-hydrogen) atoms. The standard InChI is InChI=1S/C15H16N4O3/c1-21-8-2-6-17-14(20)15-18-13(19-22-15)11-3-4-12-10(9-11)5-7-16-12/h3-5,7,9,16H,2,6,8H2,1H3,(H,17,20). The summed E-state index contributed by atoms with van der Waals surface area (Å²) in [6.07, 6.45) is 2.59. The van der Waals surface area contributed by atoms with Crippen LogP contribution in [0.3, 0.4) is 0 Å². The molecule has 0 saturated carbocycles. The number of rotatable bonds is 6. The first-order valence-corrected chi connectivity index (χ1v) is 6.96. The average molecular weight is 300 g/mol. The van der Waals surface area contributed by atoms with Gasteiger partial charge in [-0.2, -0.15) is 4.98 Å². The van der Waals surface area contributed by atoms with E-state index in [0.29, 0.717) is 19.0 Å². The van der Waals surface area contributed by atoms with Gasteiger partial charge in [-0.3, -0.25) is 4.79 Å². The minimum absolute atomic E-state index is 0.0402. The van der Waals surface area contributed by atoms with Gasteiger partial charge in [-0.1, -0.05) is 5.16 Å². The molecule has 2 heterocycles. The van der Waals surface area contributed by atoms with Crippen molar-refractivity contribution in [1.82, 2.24) is 20.4 Å². The highest BCUT2D eigenvalue weighted by molar-refractivity contribution is 5.90. The molecule has 0 aliphatic rings. The number of aromatic amines is 1. The second kappa shape index (κ2) is 6.40. The van der Waals surface area contributed by atoms with Crippen LogP contribution in [0, 0.1) is 0 Å². The molecule has 2 aromatic heterocycles. The van der Waals surface area contributed by atoms with Crippen LogP contribution in [0.2, 0.25) is 0 Å². The molecular formula is C15H16N4O3. The van der Waals surface area contributed by atoms with Crippen LogP contribution in [-0.4, -0.2) is 41.3 Å². The normalized spacial score (nSPS) is 11.0. The van der Waals surface area contributed by atoms with Gasteiger partial charge in [-0.05, 0) is 30.7 Å². The Labute approximate surface area is 126 Å². The maximum absolute atomic E-state index is 11.9. The summed E-state index contributed by atoms with van der Waals surface area (Å²) in [5.41, 5.74) is 1.83. The van der Waals surface area contributed by atoms with Gasteiger partial charge in [0.1, 0.15) is 0 Å². The van der Waals surface area contributed by atoms with Gasteiger partial charge in [0.2, 0.25) is 5.82 Å². The number of methoxy groups -OCH3 is 1. The molecule has 7 nitrogen and oxygen atoms in total. The highest BCUT2D eigenvalue weighted by Gasteiger charge is 2.15. The number of hydrogen-bond acceptors (Lipinski definition) is 5. The molecule has 1 aromatic carbocycles. The first kappa shape index (κ1) is 14.3. The van der Waals surface area contributed by atoms with Crippen molar-refractivity contribution in [3.05, 3.63) is 36.4 Å². The molecule has 0 aliphatic carbocycles. The predicted molar refractivity (Wildman–Crippen MR) is 80.4 cm³/mol. The Bertz CT molecular complexity index is 778. The molecule has 1 amide bonds. The minimum Gasteiger partial charge on any atom is -0.385 e. The molecule has 0 radical (unpaired) electrons. The van der Waals surface area contributed by atoms with Gasteiger partial charge in [0.05, 0.1) is 0 Å². The maximum atomic E-state index is 11.9. The Morgan fingerprint density at radius 1 is 1.41 bits per heavy atom. The highest BCUT2D eigenvalue weighted by Crippen LogP contribution is 2.21. The number of carbonyl (C=O) groups is 1. The minimum atomic E-state index is -0.377. The van der Waals surface area contributed by atoms with Crippen LogP contribution < -0.4 is 5.32 Å². The van der Waals surface area contributed by atoms with Crippen molar-refractivity contribution in [2.24, 2.45) is 0 Å². The number of benzene rings is 1. The van der Waals surface area contributed by atoms with Crippen molar-refractivity contribution in [3.8, 4) is 11.4 Å². The molecule has 2 N–H and O–H groups in total. The molecule has 0 saturated heterocycles. The zero-order valence-corrected chi connectivity index (χ0v) is 12.1. The fraction of sp³-hybridized carbons (Fsp3) is 0.267. The molecule has 0 spiro atoms. The van der Waals surface area contributed by atoms with Gasteiger partial charge in [0.15, 0.2) is 0 Å². The third-order valence-corrected chi connectivity index (χ3v) is 3.24. The number of amides is 1. The van der Waals surface area contributed by atoms with E-state index < -0.39 is 0 Å². The van der Waals surface area contributed by atoms with Crippen LogP contribution in [0.4, 0.5) is 0 Å². The Morgan fingerprint density at radius 3 is 3.18 bits per heavy atom. The SMILES string of the molecule is COCCCNC(=O)c1nc(-c2ccc3[nH]ccc3c2)no1. The van der Waals surface area contributed by atoms with E-state index in [1.54, 1.807) is 7.11 Å². The summed E-state index contributed by atoms with van der Waals surface area (Å²) < 4.78 is 9.93. The summed E-state index contributed by atoms with van der Waals surface area (Å²) in [5.74, 6) is -0.0238. The fourth-order valence-corrected chi connectivity index (χ4v) is 2.12. The number of aromatic nitrogens is 3. The smallest absolute Gasteiger partial charge is 0.316 e. The van der Waals surface area contributed by atoms with Crippen molar-refractivity contribution in [2.75, 3.05) is 20.3 Å². The molecule has 0 bridgehead atoms. The molecular weight excluding hydrogens is 284 g/mol. The van der Waals surface area contributed by atoms with Crippen molar-refractivity contribution >= 4 is 16.8 Å². The van der Waals surface area contributed by atoms with Crippen molar-refractivity contribution in [3.63, 3.8) is 0 Å². The van der Waals surface area contributed by atoms with Crippen LogP contribution in [0.5, 0.6) is 0 Å². The lowest BCUT2D eigenvalue weighted by Gasteiger charge is -2.00. The number of fused-ring (bicyclic) bond motifs is 1. The Morgan fingerprint density at radius 2 is 2.32 bits per heavy atom. The van der Waals surface area contributed by atoms with Crippen molar-refractivity contribution < 1.29 is 14.1 Å². The zero-order chi connectivity index (χ0) is 15.4. The van der Waals surface area contributed by atoms with Gasteiger partial charge >= 0.3 is 11.8 Å². The number of H-pyrrole nitrogens is 1. The Balaban J connectivity index is 1.71. The summed E-state index contributed by atoms with van der Waals surface area (Å²) in [4.78, 5) is 19.1. The van der Waals surface area contributed by atoms with Gasteiger partial charge < -0.3 is 19.6 Å². The third-order valence-electron chi connectivity index (χ3n) is 3.24. The molecule has 7 heteroatoms. The van der Waals surface area contributed by atoms with Crippen molar-refractivity contribution in [1.29, 1.82) is 0 Å². The largest absolute Gasteiger partial charge is 0.385 e. The molecule has 114 valence electrons. The van der Waals surface area contributed by atoms with Crippen LogP contribution in [0.15, 0.2) is 35.0 Å². The second-order valence-corrected chi connectivity index (χ2v) is 4.81. The van der Waals surface area contributed by atoms with Crippen LogP contribution >= 0.6 is 0 Å². The van der Waals surface area contributed by atoms with Gasteiger partial charge in [-0.15, -0.1) is 0 Å².